The van der Waals surface area contributed by atoms with Crippen molar-refractivity contribution >= 4 is 10.9 Å². The molecule has 2 aromatic carbocycles. The number of fused-ring (bicyclic) bond motifs is 1. The van der Waals surface area contributed by atoms with Crippen LogP contribution in [0.15, 0.2) is 73.2 Å². The fraction of sp³-hybridized carbons (Fsp3) is 0.0526. The van der Waals surface area contributed by atoms with Crippen LogP contribution in [-0.2, 0) is 7.05 Å². The van der Waals surface area contributed by atoms with Gasteiger partial charge in [-0.15, -0.1) is 0 Å². The summed E-state index contributed by atoms with van der Waals surface area (Å²) in [5, 5.41) is 1.20. The fourth-order valence-electron chi connectivity index (χ4n) is 2.57. The van der Waals surface area contributed by atoms with E-state index in [0.29, 0.717) is 6.01 Å². The highest BCUT2D eigenvalue weighted by Crippen LogP contribution is 2.25. The number of aryl methyl sites for hydroxylation is 1. The van der Waals surface area contributed by atoms with Crippen molar-refractivity contribution in [3.8, 4) is 22.9 Å². The van der Waals surface area contributed by atoms with Gasteiger partial charge in [0.15, 0.2) is 0 Å². The molecule has 4 aromatic rings. The first-order valence-electron chi connectivity index (χ1n) is 7.40. The van der Waals surface area contributed by atoms with Gasteiger partial charge in [-0.25, -0.2) is 9.97 Å². The Morgan fingerprint density at radius 1 is 0.870 bits per heavy atom. The second-order valence-electron chi connectivity index (χ2n) is 5.37. The summed E-state index contributed by atoms with van der Waals surface area (Å²) in [4.78, 5) is 8.59. The van der Waals surface area contributed by atoms with E-state index in [1.807, 2.05) is 37.4 Å². The van der Waals surface area contributed by atoms with Crippen LogP contribution in [0.4, 0.5) is 0 Å². The van der Waals surface area contributed by atoms with Crippen molar-refractivity contribution in [3.63, 3.8) is 0 Å². The van der Waals surface area contributed by atoms with Gasteiger partial charge in [0.25, 0.3) is 0 Å². The van der Waals surface area contributed by atoms with Gasteiger partial charge in [-0.3, -0.25) is 0 Å². The summed E-state index contributed by atoms with van der Waals surface area (Å²) in [6.07, 6.45) is 5.63. The standard InChI is InChI=1S/C19H15N3O/c1-22-10-9-15-11-14(7-8-18(15)22)16-12-20-19(21-13-16)23-17-5-3-2-4-6-17/h2-13H,1H3. The number of rotatable bonds is 3. The molecule has 0 saturated carbocycles. The van der Waals surface area contributed by atoms with E-state index in [1.54, 1.807) is 12.4 Å². The molecule has 0 aliphatic heterocycles. The molecule has 0 aliphatic carbocycles. The van der Waals surface area contributed by atoms with E-state index in [2.05, 4.69) is 45.0 Å². The third kappa shape index (κ3) is 2.66. The molecule has 0 N–H and O–H groups in total. The van der Waals surface area contributed by atoms with Gasteiger partial charge in [0.05, 0.1) is 0 Å². The van der Waals surface area contributed by atoms with Crippen LogP contribution in [0.5, 0.6) is 11.8 Å². The lowest BCUT2D eigenvalue weighted by Crippen LogP contribution is -1.92. The van der Waals surface area contributed by atoms with Crippen LogP contribution in [0, 0.1) is 0 Å². The third-order valence-electron chi connectivity index (χ3n) is 3.80. The minimum Gasteiger partial charge on any atom is -0.424 e. The normalized spacial score (nSPS) is 10.8. The summed E-state index contributed by atoms with van der Waals surface area (Å²) in [7, 11) is 2.04. The van der Waals surface area contributed by atoms with Crippen molar-refractivity contribution in [1.82, 2.24) is 14.5 Å². The average molecular weight is 301 g/mol. The quantitative estimate of drug-likeness (QED) is 0.562. The average Bonchev–Trinajstić information content (AvgIpc) is 2.97. The maximum atomic E-state index is 5.62. The zero-order valence-corrected chi connectivity index (χ0v) is 12.7. The van der Waals surface area contributed by atoms with Crippen LogP contribution in [0.25, 0.3) is 22.0 Å². The number of para-hydroxylation sites is 1. The zero-order chi connectivity index (χ0) is 15.6. The number of nitrogens with zero attached hydrogens (tertiary/aromatic N) is 3. The first-order valence-corrected chi connectivity index (χ1v) is 7.40. The van der Waals surface area contributed by atoms with Crippen molar-refractivity contribution in [2.75, 3.05) is 0 Å². The molecule has 0 aliphatic rings. The van der Waals surface area contributed by atoms with Gasteiger partial charge >= 0.3 is 6.01 Å². The van der Waals surface area contributed by atoms with Gasteiger partial charge in [0.2, 0.25) is 0 Å². The van der Waals surface area contributed by atoms with E-state index in [4.69, 9.17) is 4.74 Å². The molecule has 23 heavy (non-hydrogen) atoms. The Balaban J connectivity index is 1.61. The lowest BCUT2D eigenvalue weighted by Gasteiger charge is -2.05. The molecule has 112 valence electrons. The molecule has 0 radical (unpaired) electrons. The summed E-state index contributed by atoms with van der Waals surface area (Å²) in [5.41, 5.74) is 3.27. The van der Waals surface area contributed by atoms with Gasteiger partial charge in [-0.2, -0.15) is 0 Å². The van der Waals surface area contributed by atoms with Gasteiger partial charge in [0.1, 0.15) is 5.75 Å². The molecule has 2 aromatic heterocycles. The van der Waals surface area contributed by atoms with Crippen LogP contribution in [0.1, 0.15) is 0 Å². The van der Waals surface area contributed by atoms with Crippen LogP contribution in [-0.4, -0.2) is 14.5 Å². The molecular formula is C19H15N3O. The van der Waals surface area contributed by atoms with Crippen LogP contribution in [0.2, 0.25) is 0 Å². The Bertz CT molecular complexity index is 943. The Labute approximate surface area is 134 Å². The fourth-order valence-corrected chi connectivity index (χ4v) is 2.57. The molecule has 0 saturated heterocycles. The second kappa shape index (κ2) is 5.57. The topological polar surface area (TPSA) is 39.9 Å². The summed E-state index contributed by atoms with van der Waals surface area (Å²) in [5.74, 6) is 0.728. The summed E-state index contributed by atoms with van der Waals surface area (Å²) in [6.45, 7) is 0. The van der Waals surface area contributed by atoms with E-state index < -0.39 is 0 Å². The number of hydrogen-bond donors (Lipinski definition) is 0. The highest BCUT2D eigenvalue weighted by atomic mass is 16.5. The second-order valence-corrected chi connectivity index (χ2v) is 5.37. The zero-order valence-electron chi connectivity index (χ0n) is 12.7. The van der Waals surface area contributed by atoms with Crippen molar-refractivity contribution in [2.24, 2.45) is 7.05 Å². The highest BCUT2D eigenvalue weighted by molar-refractivity contribution is 5.85. The molecule has 0 amide bonds. The molecule has 0 fully saturated rings. The molecular weight excluding hydrogens is 286 g/mol. The van der Waals surface area contributed by atoms with Crippen molar-refractivity contribution < 1.29 is 4.74 Å². The van der Waals surface area contributed by atoms with Gasteiger partial charge < -0.3 is 9.30 Å². The first-order chi connectivity index (χ1) is 11.3. The van der Waals surface area contributed by atoms with Gasteiger partial charge in [0, 0.05) is 42.1 Å². The minimum atomic E-state index is 0.348. The molecule has 0 spiro atoms. The lowest BCUT2D eigenvalue weighted by molar-refractivity contribution is 0.442. The largest absolute Gasteiger partial charge is 0.424 e. The first kappa shape index (κ1) is 13.5. The Hall–Kier alpha value is -3.14. The van der Waals surface area contributed by atoms with E-state index in [-0.39, 0.29) is 0 Å². The van der Waals surface area contributed by atoms with E-state index in [1.165, 1.54) is 10.9 Å². The van der Waals surface area contributed by atoms with Crippen LogP contribution >= 0.6 is 0 Å². The monoisotopic (exact) mass is 301 g/mol. The predicted molar refractivity (Wildman–Crippen MR) is 90.5 cm³/mol. The number of aromatic nitrogens is 3. The van der Waals surface area contributed by atoms with Gasteiger partial charge in [-0.05, 0) is 35.9 Å². The van der Waals surface area contributed by atoms with E-state index in [0.717, 1.165) is 16.9 Å². The minimum absolute atomic E-state index is 0.348. The molecule has 4 rings (SSSR count). The summed E-state index contributed by atoms with van der Waals surface area (Å²) >= 11 is 0. The molecule has 0 unspecified atom stereocenters. The van der Waals surface area contributed by atoms with Crippen LogP contribution in [0.3, 0.4) is 0 Å². The maximum absolute atomic E-state index is 5.62. The SMILES string of the molecule is Cn1ccc2cc(-c3cnc(Oc4ccccc4)nc3)ccc21. The van der Waals surface area contributed by atoms with Crippen molar-refractivity contribution in [2.45, 2.75) is 0 Å². The Morgan fingerprint density at radius 2 is 1.65 bits per heavy atom. The number of benzene rings is 2. The Kier molecular flexibility index (Phi) is 3.27. The molecule has 4 heteroatoms. The van der Waals surface area contributed by atoms with Crippen molar-refractivity contribution in [3.05, 3.63) is 73.2 Å². The lowest BCUT2D eigenvalue weighted by atomic mass is 10.1. The number of hydrogen-bond acceptors (Lipinski definition) is 3. The summed E-state index contributed by atoms with van der Waals surface area (Å²) < 4.78 is 7.72. The molecule has 0 bridgehead atoms. The highest BCUT2D eigenvalue weighted by Gasteiger charge is 2.05. The van der Waals surface area contributed by atoms with Crippen molar-refractivity contribution in [1.29, 1.82) is 0 Å². The number of ether oxygens (including phenoxy) is 1. The molecule has 4 nitrogen and oxygen atoms in total. The third-order valence-corrected chi connectivity index (χ3v) is 3.80. The van der Waals surface area contributed by atoms with Gasteiger partial charge in [-0.1, -0.05) is 24.3 Å². The van der Waals surface area contributed by atoms with E-state index in [9.17, 15) is 0 Å². The molecule has 2 heterocycles. The Morgan fingerprint density at radius 3 is 2.43 bits per heavy atom. The smallest absolute Gasteiger partial charge is 0.321 e. The maximum Gasteiger partial charge on any atom is 0.321 e. The van der Waals surface area contributed by atoms with E-state index >= 15 is 0 Å². The molecule has 0 atom stereocenters. The summed E-state index contributed by atoms with van der Waals surface area (Å²) in [6, 6.07) is 18.3. The predicted octanol–water partition coefficient (Wildman–Crippen LogP) is 4.43. The van der Waals surface area contributed by atoms with Crippen LogP contribution < -0.4 is 4.74 Å².